The molecule has 1 N–H and O–H groups in total. The SMILES string of the molecule is CCNCCOCCOCCOCC. The van der Waals surface area contributed by atoms with Gasteiger partial charge in [0.15, 0.2) is 0 Å². The van der Waals surface area contributed by atoms with Crippen molar-refractivity contribution < 1.29 is 14.2 Å². The molecule has 86 valence electrons. The molecule has 0 rings (SSSR count). The summed E-state index contributed by atoms with van der Waals surface area (Å²) >= 11 is 0. The average Bonchev–Trinajstić information content (AvgIpc) is 2.21. The average molecular weight is 205 g/mol. The van der Waals surface area contributed by atoms with E-state index in [4.69, 9.17) is 14.2 Å². The minimum Gasteiger partial charge on any atom is -0.379 e. The molecule has 14 heavy (non-hydrogen) atoms. The zero-order valence-corrected chi connectivity index (χ0v) is 9.38. The maximum absolute atomic E-state index is 5.31. The molecule has 0 aliphatic rings. The number of nitrogens with one attached hydrogen (secondary N) is 1. The fourth-order valence-corrected chi connectivity index (χ4v) is 0.905. The second-order valence-corrected chi connectivity index (χ2v) is 2.78. The van der Waals surface area contributed by atoms with E-state index >= 15 is 0 Å². The van der Waals surface area contributed by atoms with E-state index in [1.165, 1.54) is 0 Å². The molecule has 0 amide bonds. The van der Waals surface area contributed by atoms with E-state index in [0.29, 0.717) is 26.4 Å². The molecular formula is C10H23NO3. The molecule has 4 heteroatoms. The molecule has 0 unspecified atom stereocenters. The normalized spacial score (nSPS) is 10.7. The van der Waals surface area contributed by atoms with Crippen molar-refractivity contribution in [2.45, 2.75) is 13.8 Å². The van der Waals surface area contributed by atoms with E-state index < -0.39 is 0 Å². The maximum Gasteiger partial charge on any atom is 0.0701 e. The second-order valence-electron chi connectivity index (χ2n) is 2.78. The van der Waals surface area contributed by atoms with Crippen LogP contribution in [0.25, 0.3) is 0 Å². The van der Waals surface area contributed by atoms with Gasteiger partial charge in [0, 0.05) is 13.2 Å². The zero-order valence-electron chi connectivity index (χ0n) is 9.38. The summed E-state index contributed by atoms with van der Waals surface area (Å²) in [5.74, 6) is 0. The lowest BCUT2D eigenvalue weighted by Gasteiger charge is -2.05. The Morgan fingerprint density at radius 2 is 1.36 bits per heavy atom. The topological polar surface area (TPSA) is 39.7 Å². The standard InChI is InChI=1S/C10H23NO3/c1-3-11-5-6-13-9-10-14-8-7-12-4-2/h11H,3-10H2,1-2H3. The summed E-state index contributed by atoms with van der Waals surface area (Å²) in [6.45, 7) is 10.1. The number of hydrogen-bond donors (Lipinski definition) is 1. The third-order valence-corrected chi connectivity index (χ3v) is 1.62. The molecular weight excluding hydrogens is 182 g/mol. The van der Waals surface area contributed by atoms with Crippen LogP contribution in [-0.4, -0.2) is 52.7 Å². The Morgan fingerprint density at radius 3 is 1.93 bits per heavy atom. The highest BCUT2D eigenvalue weighted by molar-refractivity contribution is 4.40. The summed E-state index contributed by atoms with van der Waals surface area (Å²) in [6.07, 6.45) is 0. The van der Waals surface area contributed by atoms with Crippen molar-refractivity contribution in [3.8, 4) is 0 Å². The highest BCUT2D eigenvalue weighted by Crippen LogP contribution is 1.80. The number of ether oxygens (including phenoxy) is 3. The quantitative estimate of drug-likeness (QED) is 0.503. The Balaban J connectivity index is 2.78. The molecule has 0 saturated carbocycles. The van der Waals surface area contributed by atoms with Gasteiger partial charge in [-0.1, -0.05) is 6.92 Å². The largest absolute Gasteiger partial charge is 0.379 e. The Labute approximate surface area is 86.9 Å². The van der Waals surface area contributed by atoms with Crippen molar-refractivity contribution in [2.75, 3.05) is 52.7 Å². The first-order valence-corrected chi connectivity index (χ1v) is 5.35. The van der Waals surface area contributed by atoms with Gasteiger partial charge < -0.3 is 19.5 Å². The van der Waals surface area contributed by atoms with Gasteiger partial charge in [0.1, 0.15) is 0 Å². The van der Waals surface area contributed by atoms with Crippen LogP contribution in [0.2, 0.25) is 0 Å². The van der Waals surface area contributed by atoms with E-state index in [2.05, 4.69) is 12.2 Å². The molecule has 0 fully saturated rings. The molecule has 0 aromatic carbocycles. The Bertz CT molecular complexity index is 89.4. The minimum atomic E-state index is 0.652. The lowest BCUT2D eigenvalue weighted by atomic mass is 10.6. The van der Waals surface area contributed by atoms with Crippen molar-refractivity contribution in [3.63, 3.8) is 0 Å². The van der Waals surface area contributed by atoms with Crippen LogP contribution >= 0.6 is 0 Å². The molecule has 0 aromatic rings. The van der Waals surface area contributed by atoms with Gasteiger partial charge in [-0.3, -0.25) is 0 Å². The van der Waals surface area contributed by atoms with Crippen LogP contribution in [0.3, 0.4) is 0 Å². The van der Waals surface area contributed by atoms with Crippen molar-refractivity contribution >= 4 is 0 Å². The van der Waals surface area contributed by atoms with Crippen LogP contribution in [0.1, 0.15) is 13.8 Å². The zero-order chi connectivity index (χ0) is 10.5. The van der Waals surface area contributed by atoms with Crippen LogP contribution in [0.15, 0.2) is 0 Å². The number of likely N-dealkylation sites (N-methyl/N-ethyl adjacent to an activating group) is 1. The smallest absolute Gasteiger partial charge is 0.0701 e. The highest BCUT2D eigenvalue weighted by Gasteiger charge is 1.89. The van der Waals surface area contributed by atoms with Crippen molar-refractivity contribution in [3.05, 3.63) is 0 Å². The predicted molar refractivity (Wildman–Crippen MR) is 56.7 cm³/mol. The van der Waals surface area contributed by atoms with E-state index in [9.17, 15) is 0 Å². The fraction of sp³-hybridized carbons (Fsp3) is 1.00. The first kappa shape index (κ1) is 13.8. The molecule has 0 bridgehead atoms. The second kappa shape index (κ2) is 12.8. The van der Waals surface area contributed by atoms with Gasteiger partial charge in [0.25, 0.3) is 0 Å². The summed E-state index contributed by atoms with van der Waals surface area (Å²) in [4.78, 5) is 0. The van der Waals surface area contributed by atoms with Crippen LogP contribution in [0, 0.1) is 0 Å². The van der Waals surface area contributed by atoms with Crippen LogP contribution in [-0.2, 0) is 14.2 Å². The summed E-state index contributed by atoms with van der Waals surface area (Å²) in [7, 11) is 0. The molecule has 0 heterocycles. The monoisotopic (exact) mass is 205 g/mol. The first-order chi connectivity index (χ1) is 6.91. The van der Waals surface area contributed by atoms with Crippen LogP contribution in [0.4, 0.5) is 0 Å². The van der Waals surface area contributed by atoms with Gasteiger partial charge in [-0.25, -0.2) is 0 Å². The summed E-state index contributed by atoms with van der Waals surface area (Å²) < 4.78 is 15.7. The third kappa shape index (κ3) is 11.8. The third-order valence-electron chi connectivity index (χ3n) is 1.62. The fourth-order valence-electron chi connectivity index (χ4n) is 0.905. The summed E-state index contributed by atoms with van der Waals surface area (Å²) in [5.41, 5.74) is 0. The molecule has 0 aliphatic heterocycles. The minimum absolute atomic E-state index is 0.652. The summed E-state index contributed by atoms with van der Waals surface area (Å²) in [5, 5.41) is 3.18. The predicted octanol–water partition coefficient (Wildman–Crippen LogP) is 0.666. The van der Waals surface area contributed by atoms with E-state index in [0.717, 1.165) is 26.3 Å². The van der Waals surface area contributed by atoms with Gasteiger partial charge in [0.05, 0.1) is 33.0 Å². The van der Waals surface area contributed by atoms with E-state index in [-0.39, 0.29) is 0 Å². The maximum atomic E-state index is 5.31. The molecule has 4 nitrogen and oxygen atoms in total. The van der Waals surface area contributed by atoms with Gasteiger partial charge in [-0.15, -0.1) is 0 Å². The Hall–Kier alpha value is -0.160. The van der Waals surface area contributed by atoms with Gasteiger partial charge in [-0.2, -0.15) is 0 Å². The number of rotatable bonds is 11. The molecule has 0 radical (unpaired) electrons. The van der Waals surface area contributed by atoms with Crippen molar-refractivity contribution in [1.29, 1.82) is 0 Å². The lowest BCUT2D eigenvalue weighted by molar-refractivity contribution is 0.0176. The van der Waals surface area contributed by atoms with E-state index in [1.54, 1.807) is 0 Å². The number of hydrogen-bond acceptors (Lipinski definition) is 4. The van der Waals surface area contributed by atoms with Crippen LogP contribution in [0.5, 0.6) is 0 Å². The summed E-state index contributed by atoms with van der Waals surface area (Å²) in [6, 6.07) is 0. The Morgan fingerprint density at radius 1 is 0.786 bits per heavy atom. The van der Waals surface area contributed by atoms with Gasteiger partial charge >= 0.3 is 0 Å². The molecule has 0 spiro atoms. The lowest BCUT2D eigenvalue weighted by Crippen LogP contribution is -2.20. The van der Waals surface area contributed by atoms with Gasteiger partial charge in [-0.05, 0) is 13.5 Å². The van der Waals surface area contributed by atoms with Crippen molar-refractivity contribution in [2.24, 2.45) is 0 Å². The first-order valence-electron chi connectivity index (χ1n) is 5.35. The van der Waals surface area contributed by atoms with E-state index in [1.807, 2.05) is 6.92 Å². The highest BCUT2D eigenvalue weighted by atomic mass is 16.5. The molecule has 0 aliphatic carbocycles. The Kier molecular flexibility index (Phi) is 12.7. The molecule has 0 saturated heterocycles. The van der Waals surface area contributed by atoms with Gasteiger partial charge in [0.2, 0.25) is 0 Å². The molecule has 0 atom stereocenters. The van der Waals surface area contributed by atoms with Crippen molar-refractivity contribution in [1.82, 2.24) is 5.32 Å². The molecule has 0 aromatic heterocycles. The van der Waals surface area contributed by atoms with Crippen LogP contribution < -0.4 is 5.32 Å².